The third-order valence-electron chi connectivity index (χ3n) is 4.34. The van der Waals surface area contributed by atoms with Crippen molar-refractivity contribution in [2.45, 2.75) is 6.42 Å². The van der Waals surface area contributed by atoms with Crippen LogP contribution < -0.4 is 15.0 Å². The van der Waals surface area contributed by atoms with Gasteiger partial charge in [-0.3, -0.25) is 4.79 Å². The van der Waals surface area contributed by atoms with Crippen LogP contribution in [0.15, 0.2) is 53.3 Å². The Kier molecular flexibility index (Phi) is 4.15. The van der Waals surface area contributed by atoms with Crippen LogP contribution in [0.4, 0.5) is 5.69 Å². The summed E-state index contributed by atoms with van der Waals surface area (Å²) in [6, 6.07) is 17.8. The number of fused-ring (bicyclic) bond motifs is 3. The van der Waals surface area contributed by atoms with Gasteiger partial charge in [0.2, 0.25) is 0 Å². The molecular weight excluding hydrogens is 344 g/mol. The minimum atomic E-state index is -0.0334. The molecule has 0 aliphatic heterocycles. The maximum Gasteiger partial charge on any atom is 0.274 e. The molecule has 0 saturated heterocycles. The Labute approximate surface area is 154 Å². The van der Waals surface area contributed by atoms with E-state index in [1.54, 1.807) is 4.40 Å². The molecule has 0 atom stereocenters. The number of para-hydroxylation sites is 2. The highest BCUT2D eigenvalue weighted by atomic mass is 32.1. The van der Waals surface area contributed by atoms with E-state index in [-0.39, 0.29) is 5.56 Å². The average Bonchev–Trinajstić information content (AvgIpc) is 3.17. The Bertz CT molecular complexity index is 1230. The minimum Gasteiger partial charge on any atom is -0.374 e. The monoisotopic (exact) mass is 360 g/mol. The normalized spacial score (nSPS) is 11.9. The van der Waals surface area contributed by atoms with Crippen molar-refractivity contribution in [3.8, 4) is 6.07 Å². The first kappa shape index (κ1) is 16.3. The van der Waals surface area contributed by atoms with Gasteiger partial charge in [0.05, 0.1) is 28.1 Å². The number of anilines is 1. The summed E-state index contributed by atoms with van der Waals surface area (Å²) < 4.78 is 2.35. The molecule has 26 heavy (non-hydrogen) atoms. The van der Waals surface area contributed by atoms with Gasteiger partial charge < -0.3 is 4.90 Å². The molecule has 0 amide bonds. The molecule has 4 rings (SSSR count). The Balaban J connectivity index is 1.71. The highest BCUT2D eigenvalue weighted by molar-refractivity contribution is 7.15. The molecule has 0 unspecified atom stereocenters. The van der Waals surface area contributed by atoms with Gasteiger partial charge in [-0.15, -0.1) is 0 Å². The Morgan fingerprint density at radius 1 is 1.23 bits per heavy atom. The van der Waals surface area contributed by atoms with Crippen molar-refractivity contribution in [1.29, 1.82) is 5.26 Å². The molecule has 0 radical (unpaired) electrons. The number of thiazole rings is 1. The standard InChI is InChI=1S/C20H16N4OS/c1-23(12-4-11-21)15-9-7-14(8-10-15)13-18-19(25)24-17-6-3-2-5-16(17)22-20(24)26-18/h2-3,5-10,13H,4,12H2,1H3/b18-13-. The van der Waals surface area contributed by atoms with Crippen LogP contribution in [0.2, 0.25) is 0 Å². The second-order valence-corrected chi connectivity index (χ2v) is 7.06. The lowest BCUT2D eigenvalue weighted by Gasteiger charge is -2.17. The van der Waals surface area contributed by atoms with E-state index in [0.717, 1.165) is 27.2 Å². The number of nitrogens with zero attached hydrogens (tertiary/aromatic N) is 4. The average molecular weight is 360 g/mol. The first-order valence-corrected chi connectivity index (χ1v) is 9.09. The predicted molar refractivity (Wildman–Crippen MR) is 106 cm³/mol. The maximum atomic E-state index is 12.8. The van der Waals surface area contributed by atoms with Crippen LogP contribution in [-0.4, -0.2) is 23.0 Å². The van der Waals surface area contributed by atoms with E-state index in [1.807, 2.05) is 66.6 Å². The Morgan fingerprint density at radius 2 is 2.00 bits per heavy atom. The molecule has 0 spiro atoms. The van der Waals surface area contributed by atoms with E-state index in [0.29, 0.717) is 17.5 Å². The van der Waals surface area contributed by atoms with Gasteiger partial charge in [0, 0.05) is 19.3 Å². The van der Waals surface area contributed by atoms with E-state index in [4.69, 9.17) is 5.26 Å². The van der Waals surface area contributed by atoms with E-state index < -0.39 is 0 Å². The molecule has 0 N–H and O–H groups in total. The quantitative estimate of drug-likeness (QED) is 0.561. The molecule has 0 saturated carbocycles. The van der Waals surface area contributed by atoms with Crippen molar-refractivity contribution in [2.24, 2.45) is 0 Å². The smallest absolute Gasteiger partial charge is 0.274 e. The first-order chi connectivity index (χ1) is 12.7. The third-order valence-corrected chi connectivity index (χ3v) is 5.30. The van der Waals surface area contributed by atoms with Gasteiger partial charge in [-0.25, -0.2) is 9.38 Å². The zero-order chi connectivity index (χ0) is 18.1. The fraction of sp³-hybridized carbons (Fsp3) is 0.150. The number of hydrogen-bond acceptors (Lipinski definition) is 5. The van der Waals surface area contributed by atoms with Crippen molar-refractivity contribution in [3.05, 3.63) is 69.0 Å². The van der Waals surface area contributed by atoms with Crippen LogP contribution in [0.25, 0.3) is 22.1 Å². The lowest BCUT2D eigenvalue weighted by Crippen LogP contribution is -2.22. The topological polar surface area (TPSA) is 61.4 Å². The van der Waals surface area contributed by atoms with Gasteiger partial charge in [0.1, 0.15) is 0 Å². The highest BCUT2D eigenvalue weighted by Gasteiger charge is 2.10. The van der Waals surface area contributed by atoms with Gasteiger partial charge in [0.25, 0.3) is 5.56 Å². The molecule has 2 aromatic heterocycles. The molecular formula is C20H16N4OS. The second-order valence-electron chi connectivity index (χ2n) is 6.06. The van der Waals surface area contributed by atoms with E-state index in [2.05, 4.69) is 11.1 Å². The summed E-state index contributed by atoms with van der Waals surface area (Å²) >= 11 is 1.40. The second kappa shape index (κ2) is 6.62. The number of aromatic nitrogens is 2. The molecule has 0 bridgehead atoms. The van der Waals surface area contributed by atoms with Crippen molar-refractivity contribution in [2.75, 3.05) is 18.5 Å². The van der Waals surface area contributed by atoms with Crippen LogP contribution in [0.1, 0.15) is 12.0 Å². The number of hydrogen-bond donors (Lipinski definition) is 0. The molecule has 0 aliphatic carbocycles. The molecule has 6 heteroatoms. The van der Waals surface area contributed by atoms with Crippen LogP contribution in [0, 0.1) is 11.3 Å². The van der Waals surface area contributed by atoms with Crippen LogP contribution in [0.3, 0.4) is 0 Å². The number of nitriles is 1. The molecule has 0 aliphatic rings. The summed E-state index contributed by atoms with van der Waals surface area (Å²) in [6.45, 7) is 0.694. The third kappa shape index (κ3) is 2.83. The molecule has 5 nitrogen and oxygen atoms in total. The van der Waals surface area contributed by atoms with Gasteiger partial charge in [-0.05, 0) is 35.9 Å². The fourth-order valence-corrected chi connectivity index (χ4v) is 3.92. The number of benzene rings is 2. The van der Waals surface area contributed by atoms with Crippen LogP contribution >= 0.6 is 11.3 Å². The zero-order valence-corrected chi connectivity index (χ0v) is 15.0. The number of imidazole rings is 1. The highest BCUT2D eigenvalue weighted by Crippen LogP contribution is 2.17. The van der Waals surface area contributed by atoms with Gasteiger partial charge in [0.15, 0.2) is 4.96 Å². The summed E-state index contributed by atoms with van der Waals surface area (Å²) in [5, 5.41) is 8.69. The minimum absolute atomic E-state index is 0.0334. The molecule has 0 fully saturated rings. The summed E-state index contributed by atoms with van der Waals surface area (Å²) in [4.78, 5) is 20.1. The summed E-state index contributed by atoms with van der Waals surface area (Å²) in [5.74, 6) is 0. The number of rotatable bonds is 4. The Morgan fingerprint density at radius 3 is 2.77 bits per heavy atom. The van der Waals surface area contributed by atoms with Crippen molar-refractivity contribution >= 4 is 39.1 Å². The van der Waals surface area contributed by atoms with E-state index in [9.17, 15) is 4.79 Å². The van der Waals surface area contributed by atoms with Gasteiger partial charge in [-0.2, -0.15) is 5.26 Å². The van der Waals surface area contributed by atoms with Crippen molar-refractivity contribution < 1.29 is 0 Å². The largest absolute Gasteiger partial charge is 0.374 e. The zero-order valence-electron chi connectivity index (χ0n) is 14.2. The van der Waals surface area contributed by atoms with Crippen molar-refractivity contribution in [3.63, 3.8) is 0 Å². The van der Waals surface area contributed by atoms with Crippen LogP contribution in [-0.2, 0) is 0 Å². The SMILES string of the molecule is CN(CCC#N)c1ccc(/C=c2\sc3nc4ccccc4n3c2=O)cc1. The van der Waals surface area contributed by atoms with Gasteiger partial charge in [-0.1, -0.05) is 35.6 Å². The maximum absolute atomic E-state index is 12.8. The fourth-order valence-electron chi connectivity index (χ4n) is 2.94. The summed E-state index contributed by atoms with van der Waals surface area (Å²) in [7, 11) is 1.96. The van der Waals surface area contributed by atoms with E-state index in [1.165, 1.54) is 11.3 Å². The lowest BCUT2D eigenvalue weighted by atomic mass is 10.2. The molecule has 2 heterocycles. The lowest BCUT2D eigenvalue weighted by molar-refractivity contribution is 0.905. The van der Waals surface area contributed by atoms with Crippen LogP contribution in [0.5, 0.6) is 0 Å². The first-order valence-electron chi connectivity index (χ1n) is 8.27. The molecule has 2 aromatic carbocycles. The summed E-state index contributed by atoms with van der Waals surface area (Å²) in [5.41, 5.74) is 3.67. The molecule has 128 valence electrons. The van der Waals surface area contributed by atoms with Crippen molar-refractivity contribution in [1.82, 2.24) is 9.38 Å². The Hall–Kier alpha value is -3.17. The summed E-state index contributed by atoms with van der Waals surface area (Å²) in [6.07, 6.45) is 2.39. The molecule has 4 aromatic rings. The van der Waals surface area contributed by atoms with E-state index >= 15 is 0 Å². The van der Waals surface area contributed by atoms with Gasteiger partial charge >= 0.3 is 0 Å². The predicted octanol–water partition coefficient (Wildman–Crippen LogP) is 2.81.